The van der Waals surface area contributed by atoms with Gasteiger partial charge >= 0.3 is 0 Å². The van der Waals surface area contributed by atoms with Crippen LogP contribution < -0.4 is 15.6 Å². The molecule has 0 atom stereocenters. The van der Waals surface area contributed by atoms with Crippen LogP contribution in [-0.4, -0.2) is 21.2 Å². The number of aryl methyl sites for hydroxylation is 1. The predicted molar refractivity (Wildman–Crippen MR) is 124 cm³/mol. The molecule has 0 bridgehead atoms. The lowest BCUT2D eigenvalue weighted by molar-refractivity contribution is -0.113. The Morgan fingerprint density at radius 1 is 1.03 bits per heavy atom. The Bertz CT molecular complexity index is 1300. The maximum absolute atomic E-state index is 12.6. The van der Waals surface area contributed by atoms with Gasteiger partial charge in [-0.3, -0.25) is 14.2 Å². The van der Waals surface area contributed by atoms with Gasteiger partial charge in [-0.05, 0) is 43.3 Å². The Balaban J connectivity index is 1.46. The van der Waals surface area contributed by atoms with E-state index >= 15 is 0 Å². The van der Waals surface area contributed by atoms with Crippen LogP contribution in [0.25, 0.3) is 10.9 Å². The number of fused-ring (bicyclic) bond motifs is 1. The van der Waals surface area contributed by atoms with Gasteiger partial charge in [0.05, 0.1) is 22.3 Å². The van der Waals surface area contributed by atoms with Gasteiger partial charge in [0, 0.05) is 7.05 Å². The van der Waals surface area contributed by atoms with E-state index in [1.165, 1.54) is 16.3 Å². The van der Waals surface area contributed by atoms with Crippen LogP contribution in [0.2, 0.25) is 0 Å². The topological polar surface area (TPSA) is 73.2 Å². The lowest BCUT2D eigenvalue weighted by Gasteiger charge is -2.13. The molecular weight excluding hydrogens is 410 g/mol. The molecule has 1 N–H and O–H groups in total. The van der Waals surface area contributed by atoms with Crippen molar-refractivity contribution in [3.05, 3.63) is 88.7 Å². The summed E-state index contributed by atoms with van der Waals surface area (Å²) in [5.74, 6) is 1.14. The number of ether oxygens (including phenoxy) is 1. The molecule has 0 spiro atoms. The van der Waals surface area contributed by atoms with Crippen molar-refractivity contribution in [3.8, 4) is 11.5 Å². The van der Waals surface area contributed by atoms with Gasteiger partial charge in [0.25, 0.3) is 5.56 Å². The summed E-state index contributed by atoms with van der Waals surface area (Å²) in [6.45, 7) is 2.01. The molecule has 4 rings (SSSR count). The van der Waals surface area contributed by atoms with Crippen LogP contribution >= 0.6 is 11.8 Å². The van der Waals surface area contributed by atoms with E-state index in [-0.39, 0.29) is 17.2 Å². The van der Waals surface area contributed by atoms with E-state index < -0.39 is 0 Å². The Kier molecular flexibility index (Phi) is 6.04. The second-order valence-corrected chi connectivity index (χ2v) is 7.97. The molecule has 6 nitrogen and oxygen atoms in total. The molecule has 0 aliphatic heterocycles. The van der Waals surface area contributed by atoms with Crippen molar-refractivity contribution in [1.82, 2.24) is 9.55 Å². The lowest BCUT2D eigenvalue weighted by atomic mass is 10.2. The molecule has 0 fully saturated rings. The van der Waals surface area contributed by atoms with Gasteiger partial charge in [-0.2, -0.15) is 0 Å². The number of rotatable bonds is 6. The number of aromatic nitrogens is 2. The highest BCUT2D eigenvalue weighted by molar-refractivity contribution is 7.99. The van der Waals surface area contributed by atoms with Gasteiger partial charge in [0.15, 0.2) is 10.9 Å². The van der Waals surface area contributed by atoms with E-state index in [1.807, 2.05) is 55.5 Å². The summed E-state index contributed by atoms with van der Waals surface area (Å²) in [6.07, 6.45) is 0. The smallest absolute Gasteiger partial charge is 0.261 e. The molecule has 0 unspecified atom stereocenters. The average Bonchev–Trinajstić information content (AvgIpc) is 2.78. The first-order valence-electron chi connectivity index (χ1n) is 9.73. The zero-order valence-electron chi connectivity index (χ0n) is 17.2. The first kappa shape index (κ1) is 20.7. The summed E-state index contributed by atoms with van der Waals surface area (Å²) in [5.41, 5.74) is 2.20. The zero-order chi connectivity index (χ0) is 21.8. The van der Waals surface area contributed by atoms with E-state index in [1.54, 1.807) is 31.3 Å². The molecule has 0 saturated heterocycles. The number of amides is 1. The Labute approximate surface area is 183 Å². The number of benzene rings is 3. The Morgan fingerprint density at radius 3 is 2.55 bits per heavy atom. The van der Waals surface area contributed by atoms with Gasteiger partial charge in [0.1, 0.15) is 5.75 Å². The van der Waals surface area contributed by atoms with Crippen molar-refractivity contribution in [1.29, 1.82) is 0 Å². The number of thioether (sulfide) groups is 1. The van der Waals surface area contributed by atoms with Gasteiger partial charge in [0.2, 0.25) is 5.91 Å². The summed E-state index contributed by atoms with van der Waals surface area (Å²) in [4.78, 5) is 29.6. The minimum atomic E-state index is -0.215. The lowest BCUT2D eigenvalue weighted by Crippen LogP contribution is -2.21. The number of hydrogen-bond donors (Lipinski definition) is 1. The van der Waals surface area contributed by atoms with Crippen LogP contribution in [0, 0.1) is 6.92 Å². The second kappa shape index (κ2) is 9.06. The fourth-order valence-electron chi connectivity index (χ4n) is 3.04. The fraction of sp³-hybridized carbons (Fsp3) is 0.125. The third-order valence-electron chi connectivity index (χ3n) is 4.68. The van der Waals surface area contributed by atoms with Crippen molar-refractivity contribution in [2.24, 2.45) is 7.05 Å². The number of nitrogens with zero attached hydrogens (tertiary/aromatic N) is 2. The van der Waals surface area contributed by atoms with Crippen LogP contribution in [0.4, 0.5) is 5.69 Å². The van der Waals surface area contributed by atoms with Gasteiger partial charge < -0.3 is 10.1 Å². The van der Waals surface area contributed by atoms with Gasteiger partial charge in [-0.15, -0.1) is 0 Å². The highest BCUT2D eigenvalue weighted by Crippen LogP contribution is 2.29. The molecule has 3 aromatic carbocycles. The number of nitrogens with one attached hydrogen (secondary N) is 1. The average molecular weight is 432 g/mol. The van der Waals surface area contributed by atoms with Crippen LogP contribution in [0.5, 0.6) is 11.5 Å². The monoisotopic (exact) mass is 431 g/mol. The molecule has 4 aromatic rings. The number of para-hydroxylation sites is 3. The molecule has 1 aromatic heterocycles. The third-order valence-corrected chi connectivity index (χ3v) is 5.71. The van der Waals surface area contributed by atoms with Crippen LogP contribution in [-0.2, 0) is 11.8 Å². The Hall–Kier alpha value is -3.58. The maximum atomic E-state index is 12.6. The number of carbonyl (C=O) groups is 1. The van der Waals surface area contributed by atoms with E-state index in [2.05, 4.69) is 10.3 Å². The molecule has 0 aliphatic rings. The van der Waals surface area contributed by atoms with Crippen molar-refractivity contribution >= 4 is 34.3 Å². The molecular formula is C24H21N3O3S. The van der Waals surface area contributed by atoms with Crippen LogP contribution in [0.15, 0.2) is 82.7 Å². The quantitative estimate of drug-likeness (QED) is 0.352. The van der Waals surface area contributed by atoms with E-state index in [9.17, 15) is 9.59 Å². The van der Waals surface area contributed by atoms with E-state index in [0.717, 1.165) is 5.56 Å². The van der Waals surface area contributed by atoms with Gasteiger partial charge in [-0.1, -0.05) is 53.7 Å². The minimum absolute atomic E-state index is 0.109. The Morgan fingerprint density at radius 2 is 1.74 bits per heavy atom. The number of carbonyl (C=O) groups excluding carboxylic acids is 1. The highest BCUT2D eigenvalue weighted by Gasteiger charge is 2.13. The minimum Gasteiger partial charge on any atom is -0.455 e. The summed E-state index contributed by atoms with van der Waals surface area (Å²) in [7, 11) is 1.66. The first-order valence-corrected chi connectivity index (χ1v) is 10.7. The fourth-order valence-corrected chi connectivity index (χ4v) is 3.81. The first-order chi connectivity index (χ1) is 15.0. The van der Waals surface area contributed by atoms with Crippen molar-refractivity contribution in [3.63, 3.8) is 0 Å². The molecule has 0 radical (unpaired) electrons. The summed E-state index contributed by atoms with van der Waals surface area (Å²) < 4.78 is 7.40. The van der Waals surface area contributed by atoms with E-state index in [0.29, 0.717) is 33.2 Å². The molecule has 0 aliphatic carbocycles. The molecule has 0 saturated carbocycles. The number of hydrogen-bond acceptors (Lipinski definition) is 5. The van der Waals surface area contributed by atoms with Crippen LogP contribution in [0.3, 0.4) is 0 Å². The molecule has 7 heteroatoms. The summed E-state index contributed by atoms with van der Waals surface area (Å²) >= 11 is 1.21. The predicted octanol–water partition coefficient (Wildman–Crippen LogP) is 4.77. The molecule has 1 heterocycles. The highest BCUT2D eigenvalue weighted by atomic mass is 32.2. The molecule has 1 amide bonds. The maximum Gasteiger partial charge on any atom is 0.261 e. The second-order valence-electron chi connectivity index (χ2n) is 7.02. The third kappa shape index (κ3) is 4.78. The standard InChI is InChI=1S/C24H21N3O3S/c1-16-11-13-17(14-12-16)30-21-10-6-5-9-20(21)25-22(28)15-31-24-26-19-8-4-3-7-18(19)23(29)27(24)2/h3-14H,15H2,1-2H3,(H,25,28). The van der Waals surface area contributed by atoms with Crippen molar-refractivity contribution in [2.45, 2.75) is 12.1 Å². The molecule has 31 heavy (non-hydrogen) atoms. The van der Waals surface area contributed by atoms with Gasteiger partial charge in [-0.25, -0.2) is 4.98 Å². The van der Waals surface area contributed by atoms with Crippen LogP contribution in [0.1, 0.15) is 5.56 Å². The van der Waals surface area contributed by atoms with Crippen molar-refractivity contribution < 1.29 is 9.53 Å². The summed E-state index contributed by atoms with van der Waals surface area (Å²) in [6, 6.07) is 22.2. The number of anilines is 1. The molecule has 156 valence electrons. The summed E-state index contributed by atoms with van der Waals surface area (Å²) in [5, 5.41) is 3.93. The van der Waals surface area contributed by atoms with E-state index in [4.69, 9.17) is 4.74 Å². The zero-order valence-corrected chi connectivity index (χ0v) is 18.0. The van der Waals surface area contributed by atoms with Crippen molar-refractivity contribution in [2.75, 3.05) is 11.1 Å². The SMILES string of the molecule is Cc1ccc(Oc2ccccc2NC(=O)CSc2nc3ccccc3c(=O)n2C)cc1. The largest absolute Gasteiger partial charge is 0.455 e. The normalized spacial score (nSPS) is 10.8.